The lowest BCUT2D eigenvalue weighted by atomic mass is 9.79. The standard InChI is InChI=1S/C16H19N3O2/c20-15-10-12-2-1-11-9-13(19-5-7-21-8-6-19)3-4-14(11)16(12)18-17-15/h3-4,9,12H,1-2,5-8,10H2,(H,17,20)/t12-/m0/s1. The van der Waals surface area contributed by atoms with Crippen molar-refractivity contribution in [1.29, 1.82) is 0 Å². The van der Waals surface area contributed by atoms with Gasteiger partial charge in [-0.15, -0.1) is 0 Å². The molecule has 0 aromatic heterocycles. The molecule has 0 unspecified atom stereocenters. The molecule has 5 heteroatoms. The first-order chi connectivity index (χ1) is 10.3. The number of nitrogens with zero attached hydrogens (tertiary/aromatic N) is 2. The highest BCUT2D eigenvalue weighted by Crippen LogP contribution is 2.32. The topological polar surface area (TPSA) is 53.9 Å². The van der Waals surface area contributed by atoms with Crippen molar-refractivity contribution in [1.82, 2.24) is 5.43 Å². The van der Waals surface area contributed by atoms with Gasteiger partial charge in [0.2, 0.25) is 5.91 Å². The van der Waals surface area contributed by atoms with Crippen molar-refractivity contribution in [3.05, 3.63) is 29.3 Å². The van der Waals surface area contributed by atoms with Crippen LogP contribution in [-0.4, -0.2) is 37.9 Å². The molecule has 3 aliphatic rings. The van der Waals surface area contributed by atoms with Gasteiger partial charge in [-0.05, 0) is 30.5 Å². The summed E-state index contributed by atoms with van der Waals surface area (Å²) in [7, 11) is 0. The van der Waals surface area contributed by atoms with Gasteiger partial charge in [-0.3, -0.25) is 4.79 Å². The molecule has 0 saturated carbocycles. The maximum Gasteiger partial charge on any atom is 0.240 e. The molecule has 4 rings (SSSR count). The lowest BCUT2D eigenvalue weighted by Crippen LogP contribution is -2.37. The maximum absolute atomic E-state index is 11.5. The Kier molecular flexibility index (Phi) is 3.15. The second-order valence-electron chi connectivity index (χ2n) is 5.91. The van der Waals surface area contributed by atoms with Gasteiger partial charge in [-0.2, -0.15) is 5.10 Å². The van der Waals surface area contributed by atoms with Crippen LogP contribution in [-0.2, 0) is 16.0 Å². The van der Waals surface area contributed by atoms with Crippen molar-refractivity contribution in [2.24, 2.45) is 11.0 Å². The summed E-state index contributed by atoms with van der Waals surface area (Å²) in [6, 6.07) is 6.63. The number of hydrogen-bond donors (Lipinski definition) is 1. The highest BCUT2D eigenvalue weighted by atomic mass is 16.5. The van der Waals surface area contributed by atoms with Gasteiger partial charge in [0.1, 0.15) is 0 Å². The Morgan fingerprint density at radius 1 is 1.29 bits per heavy atom. The molecule has 1 amide bonds. The maximum atomic E-state index is 11.5. The zero-order chi connectivity index (χ0) is 14.2. The fraction of sp³-hybridized carbons (Fsp3) is 0.500. The average Bonchev–Trinajstić information content (AvgIpc) is 2.54. The summed E-state index contributed by atoms with van der Waals surface area (Å²) in [5.74, 6) is 0.331. The molecule has 0 spiro atoms. The van der Waals surface area contributed by atoms with Gasteiger partial charge in [0.25, 0.3) is 0 Å². The zero-order valence-corrected chi connectivity index (χ0v) is 12.0. The number of nitrogens with one attached hydrogen (secondary N) is 1. The minimum atomic E-state index is 0.0390. The van der Waals surface area contributed by atoms with Crippen LogP contribution < -0.4 is 10.3 Å². The molecule has 5 nitrogen and oxygen atoms in total. The molecule has 1 aromatic carbocycles. The quantitative estimate of drug-likeness (QED) is 0.846. The van der Waals surface area contributed by atoms with Gasteiger partial charge >= 0.3 is 0 Å². The number of carbonyl (C=O) groups excluding carboxylic acids is 1. The van der Waals surface area contributed by atoms with Crippen molar-refractivity contribution in [3.63, 3.8) is 0 Å². The van der Waals surface area contributed by atoms with E-state index in [0.29, 0.717) is 12.3 Å². The Bertz CT molecular complexity index is 606. The fourth-order valence-electron chi connectivity index (χ4n) is 3.48. The van der Waals surface area contributed by atoms with Gasteiger partial charge < -0.3 is 9.64 Å². The molecule has 2 aliphatic heterocycles. The summed E-state index contributed by atoms with van der Waals surface area (Å²) in [5, 5.41) is 4.30. The molecule has 1 fully saturated rings. The van der Waals surface area contributed by atoms with Crippen LogP contribution in [0.3, 0.4) is 0 Å². The first-order valence-corrected chi connectivity index (χ1v) is 7.64. The summed E-state index contributed by atoms with van der Waals surface area (Å²) in [6.07, 6.45) is 2.62. The molecular formula is C16H19N3O2. The molecule has 110 valence electrons. The number of hydrogen-bond acceptors (Lipinski definition) is 4. The SMILES string of the molecule is O=C1C[C@@H]2CCc3cc(N4CCOCC4)ccc3C2=NN1. The monoisotopic (exact) mass is 285 g/mol. The van der Waals surface area contributed by atoms with Crippen LogP contribution in [0.4, 0.5) is 5.69 Å². The number of fused-ring (bicyclic) bond motifs is 3. The zero-order valence-electron chi connectivity index (χ0n) is 12.0. The minimum Gasteiger partial charge on any atom is -0.378 e. The predicted octanol–water partition coefficient (Wildman–Crippen LogP) is 1.31. The predicted molar refractivity (Wildman–Crippen MR) is 80.6 cm³/mol. The molecule has 1 atom stereocenters. The van der Waals surface area contributed by atoms with Crippen molar-refractivity contribution in [2.45, 2.75) is 19.3 Å². The molecule has 1 aromatic rings. The van der Waals surface area contributed by atoms with E-state index in [1.807, 2.05) is 0 Å². The Morgan fingerprint density at radius 3 is 3.00 bits per heavy atom. The summed E-state index contributed by atoms with van der Waals surface area (Å²) >= 11 is 0. The second kappa shape index (κ2) is 5.15. The normalized spacial score (nSPS) is 24.8. The molecule has 0 radical (unpaired) electrons. The highest BCUT2D eigenvalue weighted by Gasteiger charge is 2.30. The number of rotatable bonds is 1. The molecule has 21 heavy (non-hydrogen) atoms. The number of carbonyl (C=O) groups is 1. The molecule has 2 heterocycles. The average molecular weight is 285 g/mol. The lowest BCUT2D eigenvalue weighted by Gasteiger charge is -2.32. The van der Waals surface area contributed by atoms with Crippen LogP contribution in [0, 0.1) is 5.92 Å². The number of anilines is 1. The Hall–Kier alpha value is -1.88. The van der Waals surface area contributed by atoms with Crippen molar-refractivity contribution >= 4 is 17.3 Å². The van der Waals surface area contributed by atoms with Crippen molar-refractivity contribution in [2.75, 3.05) is 31.2 Å². The molecule has 1 N–H and O–H groups in total. The number of aryl methyl sites for hydroxylation is 1. The van der Waals surface area contributed by atoms with Crippen molar-refractivity contribution in [3.8, 4) is 0 Å². The Balaban J connectivity index is 1.66. The smallest absolute Gasteiger partial charge is 0.240 e. The number of hydrazone groups is 1. The van der Waals surface area contributed by atoms with Crippen LogP contribution in [0.1, 0.15) is 24.0 Å². The van der Waals surface area contributed by atoms with E-state index in [2.05, 4.69) is 33.6 Å². The fourth-order valence-corrected chi connectivity index (χ4v) is 3.48. The molecule has 1 aliphatic carbocycles. The van der Waals surface area contributed by atoms with Gasteiger partial charge in [-0.25, -0.2) is 5.43 Å². The third-order valence-corrected chi connectivity index (χ3v) is 4.62. The first-order valence-electron chi connectivity index (χ1n) is 7.64. The van der Waals surface area contributed by atoms with Gasteiger partial charge in [0.05, 0.1) is 18.9 Å². The molecule has 0 bridgehead atoms. The van der Waals surface area contributed by atoms with Crippen LogP contribution in [0.25, 0.3) is 0 Å². The van der Waals surface area contributed by atoms with E-state index >= 15 is 0 Å². The first kappa shape index (κ1) is 12.8. The van der Waals surface area contributed by atoms with Crippen LogP contribution in [0.2, 0.25) is 0 Å². The van der Waals surface area contributed by atoms with E-state index < -0.39 is 0 Å². The van der Waals surface area contributed by atoms with E-state index in [4.69, 9.17) is 4.74 Å². The van der Waals surface area contributed by atoms with Crippen molar-refractivity contribution < 1.29 is 9.53 Å². The molecule has 1 saturated heterocycles. The van der Waals surface area contributed by atoms with Crippen LogP contribution in [0.5, 0.6) is 0 Å². The third-order valence-electron chi connectivity index (χ3n) is 4.62. The van der Waals surface area contributed by atoms with Crippen LogP contribution in [0.15, 0.2) is 23.3 Å². The van der Waals surface area contributed by atoms with Gasteiger partial charge in [-0.1, -0.05) is 6.07 Å². The van der Waals surface area contributed by atoms with Crippen LogP contribution >= 0.6 is 0 Å². The lowest BCUT2D eigenvalue weighted by molar-refractivity contribution is -0.122. The van der Waals surface area contributed by atoms with Gasteiger partial charge in [0.15, 0.2) is 0 Å². The number of ether oxygens (including phenoxy) is 1. The number of amides is 1. The number of benzene rings is 1. The highest BCUT2D eigenvalue weighted by molar-refractivity contribution is 6.07. The number of morpholine rings is 1. The van der Waals surface area contributed by atoms with E-state index in [1.54, 1.807) is 0 Å². The summed E-state index contributed by atoms with van der Waals surface area (Å²) < 4.78 is 5.41. The third kappa shape index (κ3) is 2.31. The van der Waals surface area contributed by atoms with E-state index in [9.17, 15) is 4.79 Å². The second-order valence-corrected chi connectivity index (χ2v) is 5.91. The van der Waals surface area contributed by atoms with Gasteiger partial charge in [0, 0.05) is 36.7 Å². The Labute approximate surface area is 124 Å². The Morgan fingerprint density at radius 2 is 2.14 bits per heavy atom. The molecular weight excluding hydrogens is 266 g/mol. The van der Waals surface area contributed by atoms with E-state index in [0.717, 1.165) is 44.9 Å². The summed E-state index contributed by atoms with van der Waals surface area (Å²) in [4.78, 5) is 13.8. The van der Waals surface area contributed by atoms with E-state index in [1.165, 1.54) is 16.8 Å². The largest absolute Gasteiger partial charge is 0.378 e. The summed E-state index contributed by atoms with van der Waals surface area (Å²) in [6.45, 7) is 3.52. The summed E-state index contributed by atoms with van der Waals surface area (Å²) in [5.41, 5.74) is 7.52. The minimum absolute atomic E-state index is 0.0390. The van der Waals surface area contributed by atoms with E-state index in [-0.39, 0.29) is 5.91 Å².